The predicted octanol–water partition coefficient (Wildman–Crippen LogP) is 4.85. The number of nitrogens with two attached hydrogens (primary N) is 1. The Hall–Kier alpha value is -2.97. The number of aromatic nitrogens is 1. The van der Waals surface area contributed by atoms with Crippen LogP contribution in [-0.2, 0) is 30.3 Å². The van der Waals surface area contributed by atoms with Crippen molar-refractivity contribution in [1.82, 2.24) is 10.3 Å². The molecular weight excluding hydrogens is 486 g/mol. The largest absolute Gasteiger partial charge is 0.481 e. The maximum absolute atomic E-state index is 12.9. The van der Waals surface area contributed by atoms with E-state index in [1.807, 2.05) is 0 Å². The van der Waals surface area contributed by atoms with E-state index in [1.54, 1.807) is 24.4 Å². The Morgan fingerprint density at radius 2 is 1.55 bits per heavy atom. The lowest BCUT2D eigenvalue weighted by Gasteiger charge is -2.22. The third-order valence-corrected chi connectivity index (χ3v) is 6.41. The molecule has 9 nitrogen and oxygen atoms in total. The van der Waals surface area contributed by atoms with Crippen molar-refractivity contribution in [3.05, 3.63) is 30.1 Å². The number of carbonyl (C=O) groups excluding carboxylic acids is 3. The molecule has 1 aromatic heterocycles. The van der Waals surface area contributed by atoms with E-state index in [0.717, 1.165) is 19.3 Å². The molecule has 0 aliphatic heterocycles. The highest BCUT2D eigenvalue weighted by atomic mass is 16.5. The fourth-order valence-corrected chi connectivity index (χ4v) is 4.33. The smallest absolute Gasteiger partial charge is 0.328 e. The Bertz CT molecular complexity index is 818. The zero-order chi connectivity index (χ0) is 28.0. The second-order valence-corrected chi connectivity index (χ2v) is 9.96. The van der Waals surface area contributed by atoms with Gasteiger partial charge in [0.15, 0.2) is 0 Å². The van der Waals surface area contributed by atoms with Gasteiger partial charge in [-0.2, -0.15) is 0 Å². The summed E-state index contributed by atoms with van der Waals surface area (Å²) in [5.41, 5.74) is 5.93. The average molecular weight is 534 g/mol. The van der Waals surface area contributed by atoms with Crippen molar-refractivity contribution in [2.45, 2.75) is 128 Å². The Kier molecular flexibility index (Phi) is 18.3. The minimum Gasteiger partial charge on any atom is -0.481 e. The van der Waals surface area contributed by atoms with E-state index in [2.05, 4.69) is 17.2 Å². The van der Waals surface area contributed by atoms with E-state index in [4.69, 9.17) is 15.6 Å². The molecule has 9 heteroatoms. The fraction of sp³-hybridized carbons (Fsp3) is 0.690. The van der Waals surface area contributed by atoms with Gasteiger partial charge in [0.2, 0.25) is 11.8 Å². The molecule has 0 aliphatic carbocycles. The van der Waals surface area contributed by atoms with Crippen LogP contribution in [0.1, 0.15) is 115 Å². The van der Waals surface area contributed by atoms with Crippen molar-refractivity contribution in [1.29, 1.82) is 0 Å². The number of aliphatic carboxylic acids is 1. The number of carboxylic acids is 1. The molecule has 38 heavy (non-hydrogen) atoms. The summed E-state index contributed by atoms with van der Waals surface area (Å²) in [5.74, 6) is -2.65. The van der Waals surface area contributed by atoms with Crippen LogP contribution in [-0.4, -0.2) is 46.0 Å². The van der Waals surface area contributed by atoms with Crippen LogP contribution in [0.2, 0.25) is 0 Å². The van der Waals surface area contributed by atoms with Crippen molar-refractivity contribution in [3.63, 3.8) is 0 Å². The number of carboxylic acid groups (broad SMARTS) is 1. The van der Waals surface area contributed by atoms with Gasteiger partial charge in [0.25, 0.3) is 0 Å². The van der Waals surface area contributed by atoms with E-state index in [-0.39, 0.29) is 32.1 Å². The third-order valence-electron chi connectivity index (χ3n) is 6.41. The lowest BCUT2D eigenvalue weighted by Crippen LogP contribution is -2.44. The normalized spacial score (nSPS) is 12.4. The first-order valence-electron chi connectivity index (χ1n) is 14.2. The van der Waals surface area contributed by atoms with Crippen LogP contribution in [0.15, 0.2) is 24.4 Å². The number of hydrogen-bond acceptors (Lipinski definition) is 6. The number of unbranched alkanes of at least 4 members (excludes halogenated alkanes) is 10. The summed E-state index contributed by atoms with van der Waals surface area (Å²) in [4.78, 5) is 52.1. The minimum atomic E-state index is -1.02. The van der Waals surface area contributed by atoms with Crippen molar-refractivity contribution in [3.8, 4) is 0 Å². The molecule has 0 spiro atoms. The molecule has 4 N–H and O–H groups in total. The molecule has 214 valence electrons. The minimum absolute atomic E-state index is 0.0208. The molecule has 1 rings (SSSR count). The highest BCUT2D eigenvalue weighted by molar-refractivity contribution is 5.85. The van der Waals surface area contributed by atoms with Crippen molar-refractivity contribution in [2.75, 3.05) is 0 Å². The summed E-state index contributed by atoms with van der Waals surface area (Å²) < 4.78 is 5.61. The number of nitrogens with one attached hydrogen (secondary N) is 1. The molecule has 0 saturated carbocycles. The van der Waals surface area contributed by atoms with E-state index >= 15 is 0 Å². The standard InChI is InChI=1S/C29H47N3O6/c1-2-3-4-5-6-7-8-9-10-11-12-17-24(22-26(30)33)38-29(37)25(18-15-19-28(35)36)32-27(34)21-23-16-13-14-20-31-23/h13-14,16,20,24-25H,2-12,15,17-19,21-22H2,1H3,(H2,30,33)(H,32,34)(H,35,36)/t24-,25-/m0/s1. The van der Waals surface area contributed by atoms with Gasteiger partial charge in [-0.05, 0) is 37.8 Å². The first-order valence-corrected chi connectivity index (χ1v) is 14.2. The van der Waals surface area contributed by atoms with E-state index in [0.29, 0.717) is 12.1 Å². The lowest BCUT2D eigenvalue weighted by molar-refractivity contribution is -0.155. The van der Waals surface area contributed by atoms with Gasteiger partial charge in [-0.1, -0.05) is 77.2 Å². The number of pyridine rings is 1. The monoisotopic (exact) mass is 533 g/mol. The number of rotatable bonds is 23. The molecular formula is C29H47N3O6. The lowest BCUT2D eigenvalue weighted by atomic mass is 10.0. The highest BCUT2D eigenvalue weighted by Gasteiger charge is 2.26. The quantitative estimate of drug-likeness (QED) is 0.134. The van der Waals surface area contributed by atoms with E-state index in [9.17, 15) is 19.2 Å². The Morgan fingerprint density at radius 3 is 2.11 bits per heavy atom. The second-order valence-electron chi connectivity index (χ2n) is 9.96. The molecule has 0 saturated heterocycles. The molecule has 1 aromatic rings. The third kappa shape index (κ3) is 17.5. The van der Waals surface area contributed by atoms with Crippen LogP contribution in [0, 0.1) is 0 Å². The van der Waals surface area contributed by atoms with Crippen molar-refractivity contribution >= 4 is 23.8 Å². The summed E-state index contributed by atoms with van der Waals surface area (Å²) in [5, 5.41) is 11.6. The molecule has 2 amide bonds. The van der Waals surface area contributed by atoms with Crippen LogP contribution in [0.4, 0.5) is 0 Å². The Labute approximate surface area is 227 Å². The van der Waals surface area contributed by atoms with Crippen molar-refractivity contribution < 1.29 is 29.0 Å². The molecule has 0 bridgehead atoms. The van der Waals surface area contributed by atoms with Gasteiger partial charge in [-0.15, -0.1) is 0 Å². The molecule has 0 fully saturated rings. The Morgan fingerprint density at radius 1 is 0.921 bits per heavy atom. The molecule has 0 aromatic carbocycles. The topological polar surface area (TPSA) is 149 Å². The van der Waals surface area contributed by atoms with Crippen LogP contribution in [0.25, 0.3) is 0 Å². The van der Waals surface area contributed by atoms with Gasteiger partial charge >= 0.3 is 11.9 Å². The van der Waals surface area contributed by atoms with Crippen molar-refractivity contribution in [2.24, 2.45) is 5.73 Å². The number of ether oxygens (including phenoxy) is 1. The zero-order valence-corrected chi connectivity index (χ0v) is 23.0. The van der Waals surface area contributed by atoms with Gasteiger partial charge in [0.05, 0.1) is 12.8 Å². The Balaban J connectivity index is 2.52. The molecule has 0 aliphatic rings. The SMILES string of the molecule is CCCCCCCCCCCCC[C@@H](CC(N)=O)OC(=O)[C@H](CCCC(=O)O)NC(=O)Cc1ccccn1. The zero-order valence-electron chi connectivity index (χ0n) is 23.0. The first kappa shape index (κ1) is 33.1. The van der Waals surface area contributed by atoms with Crippen LogP contribution < -0.4 is 11.1 Å². The number of nitrogens with zero attached hydrogens (tertiary/aromatic N) is 1. The first-order chi connectivity index (χ1) is 18.3. The van der Waals surface area contributed by atoms with E-state index in [1.165, 1.54) is 51.4 Å². The molecule has 0 unspecified atom stereocenters. The highest BCUT2D eigenvalue weighted by Crippen LogP contribution is 2.16. The van der Waals surface area contributed by atoms with E-state index < -0.39 is 35.9 Å². The second kappa shape index (κ2) is 21.0. The van der Waals surface area contributed by atoms with Gasteiger partial charge in [-0.3, -0.25) is 19.4 Å². The van der Waals surface area contributed by atoms with Gasteiger partial charge in [0.1, 0.15) is 12.1 Å². The van der Waals surface area contributed by atoms with Gasteiger partial charge in [0, 0.05) is 18.3 Å². The summed E-state index contributed by atoms with van der Waals surface area (Å²) in [6.07, 6.45) is 14.5. The summed E-state index contributed by atoms with van der Waals surface area (Å²) in [6, 6.07) is 4.19. The number of carbonyl (C=O) groups is 4. The van der Waals surface area contributed by atoms with Gasteiger partial charge < -0.3 is 20.9 Å². The number of primary amides is 1. The molecule has 2 atom stereocenters. The summed E-state index contributed by atoms with van der Waals surface area (Å²) >= 11 is 0. The molecule has 1 heterocycles. The van der Waals surface area contributed by atoms with Crippen LogP contribution >= 0.6 is 0 Å². The average Bonchev–Trinajstić information content (AvgIpc) is 2.86. The maximum Gasteiger partial charge on any atom is 0.328 e. The maximum atomic E-state index is 12.9. The fourth-order valence-electron chi connectivity index (χ4n) is 4.33. The van der Waals surface area contributed by atoms with Crippen LogP contribution in [0.3, 0.4) is 0 Å². The van der Waals surface area contributed by atoms with Gasteiger partial charge in [-0.25, -0.2) is 4.79 Å². The van der Waals surface area contributed by atoms with Crippen LogP contribution in [0.5, 0.6) is 0 Å². The summed E-state index contributed by atoms with van der Waals surface area (Å²) in [6.45, 7) is 2.22. The predicted molar refractivity (Wildman–Crippen MR) is 146 cm³/mol. The number of esters is 1. The number of hydrogen-bond donors (Lipinski definition) is 3. The summed E-state index contributed by atoms with van der Waals surface area (Å²) in [7, 11) is 0. The number of amides is 2. The molecule has 0 radical (unpaired) electrons.